The first-order valence-corrected chi connectivity index (χ1v) is 5.13. The highest BCUT2D eigenvalue weighted by Crippen LogP contribution is 1.99. The maximum absolute atomic E-state index is 11.5. The van der Waals surface area contributed by atoms with Gasteiger partial charge in [0, 0.05) is 12.4 Å². The summed E-state index contributed by atoms with van der Waals surface area (Å²) in [6.45, 7) is 0. The number of aromatic nitrogens is 2. The van der Waals surface area contributed by atoms with Crippen LogP contribution in [0.4, 0.5) is 0 Å². The summed E-state index contributed by atoms with van der Waals surface area (Å²) in [4.78, 5) is 29.4. The van der Waals surface area contributed by atoms with Crippen molar-refractivity contribution in [1.82, 2.24) is 15.3 Å². The van der Waals surface area contributed by atoms with E-state index in [1.54, 1.807) is 0 Å². The van der Waals surface area contributed by atoms with E-state index < -0.39 is 5.91 Å². The van der Waals surface area contributed by atoms with Crippen molar-refractivity contribution in [2.45, 2.75) is 6.42 Å². The highest BCUT2D eigenvalue weighted by Gasteiger charge is 2.12. The van der Waals surface area contributed by atoms with E-state index in [0.717, 1.165) is 5.56 Å². The molecule has 2 N–H and O–H groups in total. The van der Waals surface area contributed by atoms with Gasteiger partial charge in [-0.15, -0.1) is 0 Å². The van der Waals surface area contributed by atoms with Crippen molar-refractivity contribution >= 4 is 11.8 Å². The number of hydrogen-bond acceptors (Lipinski definition) is 3. The molecule has 1 aromatic carbocycles. The van der Waals surface area contributed by atoms with E-state index in [1.165, 1.54) is 12.4 Å². The molecule has 86 valence electrons. The van der Waals surface area contributed by atoms with E-state index in [1.807, 2.05) is 30.3 Å². The van der Waals surface area contributed by atoms with Crippen molar-refractivity contribution in [2.75, 3.05) is 0 Å². The number of H-pyrrole nitrogens is 1. The number of carbonyl (C=O) groups is 2. The standard InChI is InChI=1S/C12H11N3O2/c16-10(8-9-4-2-1-3-5-9)15-12(17)11-13-6-7-14-11/h1-7H,8H2,(H,13,14)(H,15,16,17). The molecule has 0 spiro atoms. The largest absolute Gasteiger partial charge is 0.341 e. The van der Waals surface area contributed by atoms with Crippen molar-refractivity contribution in [2.24, 2.45) is 0 Å². The lowest BCUT2D eigenvalue weighted by atomic mass is 10.1. The van der Waals surface area contributed by atoms with Crippen LogP contribution < -0.4 is 5.32 Å². The van der Waals surface area contributed by atoms with Crippen molar-refractivity contribution < 1.29 is 9.59 Å². The third kappa shape index (κ3) is 3.01. The summed E-state index contributed by atoms with van der Waals surface area (Å²) in [6.07, 6.45) is 3.15. The number of amides is 2. The molecule has 0 saturated heterocycles. The fraction of sp³-hybridized carbons (Fsp3) is 0.0833. The van der Waals surface area contributed by atoms with Crippen LogP contribution in [0.25, 0.3) is 0 Å². The molecule has 0 fully saturated rings. The Hall–Kier alpha value is -2.43. The summed E-state index contributed by atoms with van der Waals surface area (Å²) < 4.78 is 0. The Morgan fingerprint density at radius 1 is 1.24 bits per heavy atom. The topological polar surface area (TPSA) is 74.8 Å². The SMILES string of the molecule is O=C(Cc1ccccc1)NC(=O)c1ncc[nH]1. The van der Waals surface area contributed by atoms with E-state index in [2.05, 4.69) is 15.3 Å². The Bertz CT molecular complexity index is 506. The van der Waals surface area contributed by atoms with Gasteiger partial charge < -0.3 is 4.98 Å². The Morgan fingerprint density at radius 2 is 2.00 bits per heavy atom. The molecule has 0 aliphatic rings. The lowest BCUT2D eigenvalue weighted by molar-refractivity contribution is -0.119. The van der Waals surface area contributed by atoms with Gasteiger partial charge in [-0.3, -0.25) is 14.9 Å². The predicted molar refractivity (Wildman–Crippen MR) is 61.2 cm³/mol. The van der Waals surface area contributed by atoms with Crippen molar-refractivity contribution in [3.8, 4) is 0 Å². The first-order chi connectivity index (χ1) is 8.25. The van der Waals surface area contributed by atoms with Gasteiger partial charge in [0.15, 0.2) is 5.82 Å². The van der Waals surface area contributed by atoms with Crippen LogP contribution in [0.3, 0.4) is 0 Å². The fourth-order valence-corrected chi connectivity index (χ4v) is 1.40. The second-order valence-electron chi connectivity index (χ2n) is 3.48. The molecular weight excluding hydrogens is 218 g/mol. The molecule has 2 amide bonds. The molecule has 17 heavy (non-hydrogen) atoms. The average molecular weight is 229 g/mol. The molecule has 1 heterocycles. The number of imidazole rings is 1. The van der Waals surface area contributed by atoms with E-state index in [-0.39, 0.29) is 18.2 Å². The quantitative estimate of drug-likeness (QED) is 0.821. The number of nitrogens with zero attached hydrogens (tertiary/aromatic N) is 1. The van der Waals surface area contributed by atoms with E-state index in [0.29, 0.717) is 0 Å². The van der Waals surface area contributed by atoms with Crippen LogP contribution in [0.1, 0.15) is 16.2 Å². The maximum atomic E-state index is 11.5. The van der Waals surface area contributed by atoms with Crippen molar-refractivity contribution in [1.29, 1.82) is 0 Å². The zero-order valence-electron chi connectivity index (χ0n) is 9.01. The number of nitrogens with one attached hydrogen (secondary N) is 2. The molecule has 2 aromatic rings. The van der Waals surface area contributed by atoms with Gasteiger partial charge in [0.25, 0.3) is 5.91 Å². The van der Waals surface area contributed by atoms with E-state index in [4.69, 9.17) is 0 Å². The van der Waals surface area contributed by atoms with Gasteiger partial charge in [-0.1, -0.05) is 30.3 Å². The van der Waals surface area contributed by atoms with E-state index in [9.17, 15) is 9.59 Å². The third-order valence-corrected chi connectivity index (χ3v) is 2.17. The molecule has 0 bridgehead atoms. The molecule has 5 nitrogen and oxygen atoms in total. The Kier molecular flexibility index (Phi) is 3.30. The minimum absolute atomic E-state index is 0.131. The Labute approximate surface area is 97.9 Å². The van der Waals surface area contributed by atoms with Gasteiger partial charge in [-0.25, -0.2) is 4.98 Å². The highest BCUT2D eigenvalue weighted by molar-refractivity contribution is 6.03. The second-order valence-corrected chi connectivity index (χ2v) is 3.48. The summed E-state index contributed by atoms with van der Waals surface area (Å²) in [7, 11) is 0. The first kappa shape index (κ1) is 11.1. The average Bonchev–Trinajstić information content (AvgIpc) is 2.83. The molecule has 0 unspecified atom stereocenters. The summed E-state index contributed by atoms with van der Waals surface area (Å²) in [5, 5.41) is 2.26. The smallest absolute Gasteiger partial charge is 0.293 e. The van der Waals surface area contributed by atoms with Crippen LogP contribution in [0, 0.1) is 0 Å². The number of benzene rings is 1. The van der Waals surface area contributed by atoms with Gasteiger partial charge >= 0.3 is 0 Å². The lowest BCUT2D eigenvalue weighted by Crippen LogP contribution is -2.32. The van der Waals surface area contributed by atoms with Gasteiger partial charge in [-0.05, 0) is 5.56 Å². The van der Waals surface area contributed by atoms with Gasteiger partial charge in [0.05, 0.1) is 6.42 Å². The van der Waals surface area contributed by atoms with Crippen LogP contribution in [0.15, 0.2) is 42.7 Å². The third-order valence-electron chi connectivity index (χ3n) is 2.17. The number of imide groups is 1. The normalized spacial score (nSPS) is 9.88. The molecule has 0 saturated carbocycles. The molecular formula is C12H11N3O2. The molecule has 0 atom stereocenters. The van der Waals surface area contributed by atoms with Crippen LogP contribution >= 0.6 is 0 Å². The molecule has 0 aliphatic heterocycles. The molecule has 0 radical (unpaired) electrons. The second kappa shape index (κ2) is 5.07. The van der Waals surface area contributed by atoms with Crippen LogP contribution in [-0.4, -0.2) is 21.8 Å². The van der Waals surface area contributed by atoms with Crippen LogP contribution in [0.2, 0.25) is 0 Å². The van der Waals surface area contributed by atoms with E-state index >= 15 is 0 Å². The number of carbonyl (C=O) groups excluding carboxylic acids is 2. The Balaban J connectivity index is 1.92. The lowest BCUT2D eigenvalue weighted by Gasteiger charge is -2.02. The highest BCUT2D eigenvalue weighted by atomic mass is 16.2. The summed E-state index contributed by atoms with van der Waals surface area (Å²) >= 11 is 0. The molecule has 1 aromatic heterocycles. The van der Waals surface area contributed by atoms with Gasteiger partial charge in [0.2, 0.25) is 5.91 Å². The summed E-state index contributed by atoms with van der Waals surface area (Å²) in [6, 6.07) is 9.22. The van der Waals surface area contributed by atoms with Gasteiger partial charge in [-0.2, -0.15) is 0 Å². The minimum atomic E-state index is -0.518. The first-order valence-electron chi connectivity index (χ1n) is 5.13. The molecule has 5 heteroatoms. The number of aromatic amines is 1. The molecule has 2 rings (SSSR count). The van der Waals surface area contributed by atoms with Gasteiger partial charge in [0.1, 0.15) is 0 Å². The summed E-state index contributed by atoms with van der Waals surface area (Å²) in [5.41, 5.74) is 0.859. The van der Waals surface area contributed by atoms with Crippen LogP contribution in [0.5, 0.6) is 0 Å². The minimum Gasteiger partial charge on any atom is -0.341 e. The maximum Gasteiger partial charge on any atom is 0.293 e. The van der Waals surface area contributed by atoms with Crippen molar-refractivity contribution in [3.63, 3.8) is 0 Å². The fourth-order valence-electron chi connectivity index (χ4n) is 1.40. The molecule has 0 aliphatic carbocycles. The Morgan fingerprint density at radius 3 is 2.65 bits per heavy atom. The number of rotatable bonds is 3. The zero-order valence-corrected chi connectivity index (χ0v) is 9.01. The predicted octanol–water partition coefficient (Wildman–Crippen LogP) is 0.909. The van der Waals surface area contributed by atoms with Crippen molar-refractivity contribution in [3.05, 3.63) is 54.1 Å². The zero-order chi connectivity index (χ0) is 12.1. The monoisotopic (exact) mass is 229 g/mol. The summed E-state index contributed by atoms with van der Waals surface area (Å²) in [5.74, 6) is -0.736. The van der Waals surface area contributed by atoms with Crippen LogP contribution in [-0.2, 0) is 11.2 Å². The number of hydrogen-bond donors (Lipinski definition) is 2.